The molecule has 1 aliphatic rings. The second-order valence-electron chi connectivity index (χ2n) is 5.54. The molecule has 0 saturated heterocycles. The summed E-state index contributed by atoms with van der Waals surface area (Å²) in [6, 6.07) is 1.13. The van der Waals surface area contributed by atoms with E-state index < -0.39 is 0 Å². The zero-order valence-corrected chi connectivity index (χ0v) is 11.5. The van der Waals surface area contributed by atoms with E-state index in [1.165, 1.54) is 36.9 Å². The van der Waals surface area contributed by atoms with Crippen molar-refractivity contribution in [2.24, 2.45) is 13.0 Å². The summed E-state index contributed by atoms with van der Waals surface area (Å²) in [5.41, 5.74) is 2.85. The van der Waals surface area contributed by atoms with Gasteiger partial charge in [-0.2, -0.15) is 5.10 Å². The number of rotatable bonds is 4. The molecule has 0 aliphatic heterocycles. The van der Waals surface area contributed by atoms with Gasteiger partial charge in [0.1, 0.15) is 0 Å². The van der Waals surface area contributed by atoms with E-state index in [1.54, 1.807) is 0 Å². The lowest BCUT2D eigenvalue weighted by atomic mass is 9.90. The maximum Gasteiger partial charge on any atom is 0.0540 e. The summed E-state index contributed by atoms with van der Waals surface area (Å²) >= 11 is 0. The van der Waals surface area contributed by atoms with Gasteiger partial charge < -0.3 is 5.32 Å². The van der Waals surface area contributed by atoms with Crippen LogP contribution in [0.15, 0.2) is 6.20 Å². The minimum absolute atomic E-state index is 0.514. The molecule has 0 bridgehead atoms. The highest BCUT2D eigenvalue weighted by molar-refractivity contribution is 5.24. The molecule has 1 aliphatic carbocycles. The third kappa shape index (κ3) is 2.54. The predicted octanol–water partition coefficient (Wildman–Crippen LogP) is 2.82. The topological polar surface area (TPSA) is 29.9 Å². The fourth-order valence-corrected chi connectivity index (χ4v) is 2.92. The van der Waals surface area contributed by atoms with Crippen molar-refractivity contribution >= 4 is 0 Å². The standard InChI is InChI=1S/C14H25N3/c1-5-12(10(2)3)16-13-7-6-8-14-11(13)9-15-17(14)4/h9-10,12-13,16H,5-8H2,1-4H3. The number of nitrogens with one attached hydrogen (secondary N) is 1. The predicted molar refractivity (Wildman–Crippen MR) is 70.9 cm³/mol. The van der Waals surface area contributed by atoms with Crippen LogP contribution in [0.4, 0.5) is 0 Å². The van der Waals surface area contributed by atoms with Crippen molar-refractivity contribution in [2.45, 2.75) is 58.5 Å². The molecular formula is C14H25N3. The first-order valence-electron chi connectivity index (χ1n) is 6.90. The summed E-state index contributed by atoms with van der Waals surface area (Å²) in [6.45, 7) is 6.87. The van der Waals surface area contributed by atoms with E-state index in [2.05, 4.69) is 44.4 Å². The summed E-state index contributed by atoms with van der Waals surface area (Å²) in [7, 11) is 2.06. The van der Waals surface area contributed by atoms with Crippen molar-refractivity contribution in [1.29, 1.82) is 0 Å². The lowest BCUT2D eigenvalue weighted by Crippen LogP contribution is -2.37. The zero-order valence-electron chi connectivity index (χ0n) is 11.5. The average molecular weight is 235 g/mol. The molecule has 0 amide bonds. The van der Waals surface area contributed by atoms with Crippen molar-refractivity contribution in [3.63, 3.8) is 0 Å². The van der Waals surface area contributed by atoms with Crippen molar-refractivity contribution in [1.82, 2.24) is 15.1 Å². The fourth-order valence-electron chi connectivity index (χ4n) is 2.92. The highest BCUT2D eigenvalue weighted by Crippen LogP contribution is 2.30. The van der Waals surface area contributed by atoms with Gasteiger partial charge in [0, 0.05) is 30.4 Å². The van der Waals surface area contributed by atoms with Gasteiger partial charge in [0.05, 0.1) is 6.20 Å². The second-order valence-corrected chi connectivity index (χ2v) is 5.54. The van der Waals surface area contributed by atoms with Gasteiger partial charge in [-0.1, -0.05) is 20.8 Å². The number of aromatic nitrogens is 2. The first kappa shape index (κ1) is 12.6. The van der Waals surface area contributed by atoms with Crippen molar-refractivity contribution in [2.75, 3.05) is 0 Å². The number of fused-ring (bicyclic) bond motifs is 1. The van der Waals surface area contributed by atoms with Crippen LogP contribution in [-0.2, 0) is 13.5 Å². The molecule has 17 heavy (non-hydrogen) atoms. The summed E-state index contributed by atoms with van der Waals surface area (Å²) in [5.74, 6) is 0.696. The van der Waals surface area contributed by atoms with E-state index in [9.17, 15) is 0 Å². The molecule has 1 aromatic rings. The van der Waals surface area contributed by atoms with Crippen LogP contribution in [0.2, 0.25) is 0 Å². The molecule has 0 spiro atoms. The van der Waals surface area contributed by atoms with E-state index in [-0.39, 0.29) is 0 Å². The third-order valence-corrected chi connectivity index (χ3v) is 4.04. The first-order chi connectivity index (χ1) is 8.13. The van der Waals surface area contributed by atoms with Crippen LogP contribution < -0.4 is 5.32 Å². The fraction of sp³-hybridized carbons (Fsp3) is 0.786. The van der Waals surface area contributed by atoms with Gasteiger partial charge in [-0.15, -0.1) is 0 Å². The van der Waals surface area contributed by atoms with Crippen LogP contribution in [0.25, 0.3) is 0 Å². The summed E-state index contributed by atoms with van der Waals surface area (Å²) in [5, 5.41) is 8.22. The number of hydrogen-bond acceptors (Lipinski definition) is 2. The molecule has 96 valence electrons. The maximum atomic E-state index is 4.40. The van der Waals surface area contributed by atoms with Gasteiger partial charge in [-0.05, 0) is 31.6 Å². The van der Waals surface area contributed by atoms with E-state index in [1.807, 2.05) is 4.68 Å². The Bertz CT molecular complexity index is 368. The zero-order chi connectivity index (χ0) is 12.4. The number of hydrogen-bond donors (Lipinski definition) is 1. The highest BCUT2D eigenvalue weighted by Gasteiger charge is 2.25. The SMILES string of the molecule is CCC(NC1CCCc2c1cnn2C)C(C)C. The molecule has 0 saturated carbocycles. The summed E-state index contributed by atoms with van der Waals surface area (Å²) in [6.07, 6.45) is 6.96. The van der Waals surface area contributed by atoms with Gasteiger partial charge in [0.25, 0.3) is 0 Å². The van der Waals surface area contributed by atoms with Crippen LogP contribution in [-0.4, -0.2) is 15.8 Å². The Labute approximate surface area is 105 Å². The Kier molecular flexibility index (Phi) is 3.87. The second kappa shape index (κ2) is 5.21. The van der Waals surface area contributed by atoms with E-state index in [0.717, 1.165) is 0 Å². The van der Waals surface area contributed by atoms with Gasteiger partial charge in [0.15, 0.2) is 0 Å². The Morgan fingerprint density at radius 2 is 2.29 bits per heavy atom. The van der Waals surface area contributed by atoms with Crippen LogP contribution >= 0.6 is 0 Å². The Hall–Kier alpha value is -0.830. The Morgan fingerprint density at radius 1 is 1.53 bits per heavy atom. The molecule has 1 aromatic heterocycles. The van der Waals surface area contributed by atoms with Crippen LogP contribution in [0.3, 0.4) is 0 Å². The van der Waals surface area contributed by atoms with Crippen LogP contribution in [0.5, 0.6) is 0 Å². The molecule has 2 atom stereocenters. The van der Waals surface area contributed by atoms with Gasteiger partial charge in [-0.3, -0.25) is 4.68 Å². The first-order valence-corrected chi connectivity index (χ1v) is 6.90. The normalized spacial score (nSPS) is 21.6. The monoisotopic (exact) mass is 235 g/mol. The quantitative estimate of drug-likeness (QED) is 0.869. The van der Waals surface area contributed by atoms with Gasteiger partial charge in [0.2, 0.25) is 0 Å². The smallest absolute Gasteiger partial charge is 0.0540 e. The lowest BCUT2D eigenvalue weighted by molar-refractivity contribution is 0.324. The van der Waals surface area contributed by atoms with Crippen LogP contribution in [0, 0.1) is 5.92 Å². The van der Waals surface area contributed by atoms with Gasteiger partial charge in [-0.25, -0.2) is 0 Å². The molecule has 0 radical (unpaired) electrons. The molecule has 2 unspecified atom stereocenters. The molecule has 0 fully saturated rings. The molecular weight excluding hydrogens is 210 g/mol. The third-order valence-electron chi connectivity index (χ3n) is 4.04. The van der Waals surface area contributed by atoms with Crippen molar-refractivity contribution < 1.29 is 0 Å². The van der Waals surface area contributed by atoms with Crippen molar-refractivity contribution in [3.8, 4) is 0 Å². The lowest BCUT2D eigenvalue weighted by Gasteiger charge is -2.30. The highest BCUT2D eigenvalue weighted by atomic mass is 15.3. The Morgan fingerprint density at radius 3 is 2.94 bits per heavy atom. The molecule has 1 N–H and O–H groups in total. The minimum atomic E-state index is 0.514. The molecule has 3 heteroatoms. The van der Waals surface area contributed by atoms with Crippen LogP contribution in [0.1, 0.15) is 57.3 Å². The minimum Gasteiger partial charge on any atom is -0.307 e. The molecule has 2 rings (SSSR count). The average Bonchev–Trinajstić information content (AvgIpc) is 2.69. The van der Waals surface area contributed by atoms with Gasteiger partial charge >= 0.3 is 0 Å². The molecule has 1 heterocycles. The summed E-state index contributed by atoms with van der Waals surface area (Å²) < 4.78 is 2.04. The van der Waals surface area contributed by atoms with Crippen molar-refractivity contribution in [3.05, 3.63) is 17.5 Å². The van der Waals surface area contributed by atoms with E-state index >= 15 is 0 Å². The summed E-state index contributed by atoms with van der Waals surface area (Å²) in [4.78, 5) is 0. The molecule has 3 nitrogen and oxygen atoms in total. The maximum absolute atomic E-state index is 4.40. The molecule has 0 aromatic carbocycles. The Balaban J connectivity index is 2.13. The number of aryl methyl sites for hydroxylation is 1. The largest absolute Gasteiger partial charge is 0.307 e. The van der Waals surface area contributed by atoms with E-state index in [0.29, 0.717) is 18.0 Å². The number of nitrogens with zero attached hydrogens (tertiary/aromatic N) is 2. The van der Waals surface area contributed by atoms with E-state index in [4.69, 9.17) is 0 Å².